The van der Waals surface area contributed by atoms with E-state index in [2.05, 4.69) is 28.5 Å². The van der Waals surface area contributed by atoms with Gasteiger partial charge in [-0.15, -0.1) is 11.3 Å². The lowest BCUT2D eigenvalue weighted by Crippen LogP contribution is -2.37. The number of nitrogens with two attached hydrogens (primary N) is 1. The molecule has 0 bridgehead atoms. The van der Waals surface area contributed by atoms with Gasteiger partial charge in [-0.3, -0.25) is 4.79 Å². The molecule has 1 heterocycles. The second kappa shape index (κ2) is 7.23. The first-order valence-corrected chi connectivity index (χ1v) is 11.1. The third-order valence-corrected chi connectivity index (χ3v) is 6.00. The van der Waals surface area contributed by atoms with Gasteiger partial charge in [0, 0.05) is 17.2 Å². The van der Waals surface area contributed by atoms with E-state index in [4.69, 9.17) is 5.73 Å². The van der Waals surface area contributed by atoms with Crippen molar-refractivity contribution in [2.45, 2.75) is 31.7 Å². The zero-order valence-corrected chi connectivity index (χ0v) is 15.6. The Morgan fingerprint density at radius 3 is 2.88 bits per heavy atom. The summed E-state index contributed by atoms with van der Waals surface area (Å²) in [6, 6.07) is 5.50. The highest BCUT2D eigenvalue weighted by Gasteiger charge is 2.18. The smallest absolute Gasteiger partial charge is 0.243 e. The SMILES string of the molecule is CS(=O)(=O)CCC(N)C(=O)Nc1nc(-c2ccc3c(c2)CCC3)cs1. The van der Waals surface area contributed by atoms with Gasteiger partial charge in [-0.1, -0.05) is 12.1 Å². The van der Waals surface area contributed by atoms with Gasteiger partial charge in [0.2, 0.25) is 5.91 Å². The largest absolute Gasteiger partial charge is 0.320 e. The Hall–Kier alpha value is -1.77. The molecule has 3 N–H and O–H groups in total. The predicted molar refractivity (Wildman–Crippen MR) is 101 cm³/mol. The van der Waals surface area contributed by atoms with Gasteiger partial charge < -0.3 is 11.1 Å². The Labute approximate surface area is 151 Å². The molecule has 1 amide bonds. The van der Waals surface area contributed by atoms with Crippen LogP contribution in [0.15, 0.2) is 23.6 Å². The number of hydrogen-bond donors (Lipinski definition) is 2. The predicted octanol–water partition coefficient (Wildman–Crippen LogP) is 2.00. The molecule has 3 rings (SSSR count). The van der Waals surface area contributed by atoms with Gasteiger partial charge in [0.15, 0.2) is 5.13 Å². The van der Waals surface area contributed by atoms with Crippen LogP contribution in [0.5, 0.6) is 0 Å². The summed E-state index contributed by atoms with van der Waals surface area (Å²) in [6.07, 6.45) is 4.66. The molecule has 1 unspecified atom stereocenters. The van der Waals surface area contributed by atoms with Gasteiger partial charge in [-0.25, -0.2) is 13.4 Å². The molecule has 1 aromatic heterocycles. The summed E-state index contributed by atoms with van der Waals surface area (Å²) in [5, 5.41) is 5.03. The number of nitrogens with zero attached hydrogens (tertiary/aromatic N) is 1. The van der Waals surface area contributed by atoms with E-state index in [1.165, 1.54) is 28.9 Å². The summed E-state index contributed by atoms with van der Waals surface area (Å²) in [7, 11) is -3.14. The minimum Gasteiger partial charge on any atom is -0.320 e. The van der Waals surface area contributed by atoms with Crippen molar-refractivity contribution in [3.05, 3.63) is 34.7 Å². The van der Waals surface area contributed by atoms with Crippen LogP contribution in [-0.2, 0) is 27.5 Å². The highest BCUT2D eigenvalue weighted by atomic mass is 32.2. The molecule has 1 aromatic carbocycles. The molecule has 6 nitrogen and oxygen atoms in total. The van der Waals surface area contributed by atoms with Crippen molar-refractivity contribution in [3.8, 4) is 11.3 Å². The topological polar surface area (TPSA) is 102 Å². The molecule has 0 fully saturated rings. The lowest BCUT2D eigenvalue weighted by atomic mass is 10.1. The standard InChI is InChI=1S/C17H21N3O3S2/c1-25(22,23)8-7-14(18)16(21)20-17-19-15(10-24-17)13-6-5-11-3-2-4-12(11)9-13/h5-6,9-10,14H,2-4,7-8,18H2,1H3,(H,19,20,21). The number of carbonyl (C=O) groups is 1. The normalized spacial score (nSPS) is 15.0. The van der Waals surface area contributed by atoms with Crippen LogP contribution in [0.1, 0.15) is 24.0 Å². The van der Waals surface area contributed by atoms with Crippen LogP contribution in [0.2, 0.25) is 0 Å². The molecule has 134 valence electrons. The summed E-state index contributed by atoms with van der Waals surface area (Å²) in [5.41, 5.74) is 10.4. The maximum atomic E-state index is 12.1. The van der Waals surface area contributed by atoms with Gasteiger partial charge in [0.25, 0.3) is 0 Å². The second-order valence-corrected chi connectivity index (χ2v) is 9.51. The number of aromatic nitrogens is 1. The number of anilines is 1. The lowest BCUT2D eigenvalue weighted by molar-refractivity contribution is -0.117. The van der Waals surface area contributed by atoms with Gasteiger partial charge in [-0.05, 0) is 42.9 Å². The first-order valence-electron chi connectivity index (χ1n) is 8.14. The fourth-order valence-corrected chi connectivity index (χ4v) is 4.27. The Kier molecular flexibility index (Phi) is 5.21. The molecule has 1 aliphatic carbocycles. The molecule has 0 saturated heterocycles. The third-order valence-electron chi connectivity index (χ3n) is 4.26. The number of benzene rings is 1. The van der Waals surface area contributed by atoms with Crippen LogP contribution in [0, 0.1) is 0 Å². The number of carbonyl (C=O) groups excluding carboxylic acids is 1. The Balaban J connectivity index is 1.64. The maximum Gasteiger partial charge on any atom is 0.243 e. The summed E-state index contributed by atoms with van der Waals surface area (Å²) >= 11 is 1.33. The van der Waals surface area contributed by atoms with E-state index < -0.39 is 21.8 Å². The summed E-state index contributed by atoms with van der Waals surface area (Å²) < 4.78 is 22.3. The first kappa shape index (κ1) is 18.0. The van der Waals surface area contributed by atoms with Gasteiger partial charge >= 0.3 is 0 Å². The van der Waals surface area contributed by atoms with Crippen molar-refractivity contribution in [2.75, 3.05) is 17.3 Å². The third kappa shape index (κ3) is 4.65. The van der Waals surface area contributed by atoms with Crippen molar-refractivity contribution in [2.24, 2.45) is 5.73 Å². The number of thiazole rings is 1. The number of rotatable bonds is 6. The molecule has 25 heavy (non-hydrogen) atoms. The zero-order chi connectivity index (χ0) is 18.0. The maximum absolute atomic E-state index is 12.1. The average Bonchev–Trinajstić information content (AvgIpc) is 3.19. The molecule has 8 heteroatoms. The Morgan fingerprint density at radius 1 is 1.36 bits per heavy atom. The van der Waals surface area contributed by atoms with Gasteiger partial charge in [0.05, 0.1) is 17.5 Å². The van der Waals surface area contributed by atoms with Crippen molar-refractivity contribution in [1.82, 2.24) is 4.98 Å². The quantitative estimate of drug-likeness (QED) is 0.799. The summed E-state index contributed by atoms with van der Waals surface area (Å²) in [4.78, 5) is 16.5. The number of fused-ring (bicyclic) bond motifs is 1. The van der Waals surface area contributed by atoms with Crippen LogP contribution >= 0.6 is 11.3 Å². The van der Waals surface area contributed by atoms with E-state index in [0.29, 0.717) is 5.13 Å². The van der Waals surface area contributed by atoms with E-state index in [1.807, 2.05) is 5.38 Å². The molecular weight excluding hydrogens is 358 g/mol. The Morgan fingerprint density at radius 2 is 2.12 bits per heavy atom. The molecule has 0 aliphatic heterocycles. The van der Waals surface area contributed by atoms with Crippen LogP contribution in [0.3, 0.4) is 0 Å². The second-order valence-electron chi connectivity index (χ2n) is 6.39. The van der Waals surface area contributed by atoms with Gasteiger partial charge in [-0.2, -0.15) is 0 Å². The fraction of sp³-hybridized carbons (Fsp3) is 0.412. The van der Waals surface area contributed by atoms with Crippen LogP contribution in [-0.4, -0.2) is 37.4 Å². The highest BCUT2D eigenvalue weighted by molar-refractivity contribution is 7.90. The van der Waals surface area contributed by atoms with Crippen LogP contribution < -0.4 is 11.1 Å². The zero-order valence-electron chi connectivity index (χ0n) is 14.0. The molecule has 0 radical (unpaired) electrons. The van der Waals surface area contributed by atoms with E-state index in [1.54, 1.807) is 0 Å². The van der Waals surface area contributed by atoms with Crippen molar-refractivity contribution < 1.29 is 13.2 Å². The number of nitrogens with one attached hydrogen (secondary N) is 1. The molecule has 1 aliphatic rings. The van der Waals surface area contributed by atoms with Crippen molar-refractivity contribution in [1.29, 1.82) is 0 Å². The van der Waals surface area contributed by atoms with E-state index in [9.17, 15) is 13.2 Å². The monoisotopic (exact) mass is 379 g/mol. The van der Waals surface area contributed by atoms with Crippen molar-refractivity contribution >= 4 is 32.2 Å². The number of aryl methyl sites for hydroxylation is 2. The minimum atomic E-state index is -3.14. The molecule has 0 saturated carbocycles. The van der Waals surface area contributed by atoms with Gasteiger partial charge in [0.1, 0.15) is 9.84 Å². The summed E-state index contributed by atoms with van der Waals surface area (Å²) in [6.45, 7) is 0. The highest BCUT2D eigenvalue weighted by Crippen LogP contribution is 2.30. The molecule has 1 atom stereocenters. The van der Waals surface area contributed by atoms with Crippen LogP contribution in [0.4, 0.5) is 5.13 Å². The molecular formula is C17H21N3O3S2. The number of sulfone groups is 1. The van der Waals surface area contributed by atoms with E-state index >= 15 is 0 Å². The minimum absolute atomic E-state index is 0.0910. The van der Waals surface area contributed by atoms with Crippen LogP contribution in [0.25, 0.3) is 11.3 Å². The fourth-order valence-electron chi connectivity index (χ4n) is 2.87. The van der Waals surface area contributed by atoms with Crippen molar-refractivity contribution in [3.63, 3.8) is 0 Å². The van der Waals surface area contributed by atoms with E-state index in [0.717, 1.165) is 30.4 Å². The lowest BCUT2D eigenvalue weighted by Gasteiger charge is -2.09. The molecule has 2 aromatic rings. The summed E-state index contributed by atoms with van der Waals surface area (Å²) in [5.74, 6) is -0.529. The molecule has 0 spiro atoms. The average molecular weight is 380 g/mol. The number of amides is 1. The number of hydrogen-bond acceptors (Lipinski definition) is 6. The Bertz CT molecular complexity index is 890. The first-order chi connectivity index (χ1) is 11.8. The van der Waals surface area contributed by atoms with E-state index in [-0.39, 0.29) is 12.2 Å².